The Morgan fingerprint density at radius 1 is 0.808 bits per heavy atom. The van der Waals surface area contributed by atoms with E-state index in [1.165, 1.54) is 61.0 Å². The van der Waals surface area contributed by atoms with Crippen LogP contribution >= 0.6 is 0 Å². The predicted octanol–water partition coefficient (Wildman–Crippen LogP) is 4.75. The molecular formula is C24H31NO. The van der Waals surface area contributed by atoms with Crippen LogP contribution in [0.2, 0.25) is 0 Å². The fourth-order valence-corrected chi connectivity index (χ4v) is 4.93. The summed E-state index contributed by atoms with van der Waals surface area (Å²) in [5.41, 5.74) is 6.10. The highest BCUT2D eigenvalue weighted by Crippen LogP contribution is 2.39. The Hall–Kier alpha value is -1.64. The van der Waals surface area contributed by atoms with Gasteiger partial charge in [0, 0.05) is 6.61 Å². The summed E-state index contributed by atoms with van der Waals surface area (Å²) in [4.78, 5) is 2.73. The molecule has 0 saturated carbocycles. The molecule has 1 aliphatic carbocycles. The summed E-state index contributed by atoms with van der Waals surface area (Å²) in [7, 11) is 0. The molecule has 1 fully saturated rings. The molecule has 1 heterocycles. The van der Waals surface area contributed by atoms with Gasteiger partial charge in [0.1, 0.15) is 0 Å². The molecule has 1 N–H and O–H groups in total. The average Bonchev–Trinajstić information content (AvgIpc) is 2.86. The number of fused-ring (bicyclic) bond motifs is 2. The SMILES string of the molecule is OCCCCC1CCN(C2c3ccccc3CCc3ccccc32)CC1. The van der Waals surface area contributed by atoms with Crippen LogP contribution < -0.4 is 0 Å². The summed E-state index contributed by atoms with van der Waals surface area (Å²) in [5, 5.41) is 9.01. The van der Waals surface area contributed by atoms with Gasteiger partial charge in [0.25, 0.3) is 0 Å². The lowest BCUT2D eigenvalue weighted by Crippen LogP contribution is -2.37. The Kier molecular flexibility index (Phi) is 5.72. The Bertz CT molecular complexity index is 670. The normalized spacial score (nSPS) is 19.0. The van der Waals surface area contributed by atoms with E-state index >= 15 is 0 Å². The maximum Gasteiger partial charge on any atom is 0.0607 e. The topological polar surface area (TPSA) is 23.5 Å². The molecule has 26 heavy (non-hydrogen) atoms. The van der Waals surface area contributed by atoms with Crippen molar-refractivity contribution in [2.75, 3.05) is 19.7 Å². The number of hydrogen-bond acceptors (Lipinski definition) is 2. The highest BCUT2D eigenvalue weighted by atomic mass is 16.2. The van der Waals surface area contributed by atoms with E-state index in [1.54, 1.807) is 0 Å². The first-order valence-electron chi connectivity index (χ1n) is 10.4. The van der Waals surface area contributed by atoms with Gasteiger partial charge in [0.15, 0.2) is 0 Å². The molecule has 1 saturated heterocycles. The molecule has 0 bridgehead atoms. The van der Waals surface area contributed by atoms with Crippen LogP contribution in [0.5, 0.6) is 0 Å². The van der Waals surface area contributed by atoms with Crippen LogP contribution in [0.15, 0.2) is 48.5 Å². The van der Waals surface area contributed by atoms with Crippen LogP contribution in [0.4, 0.5) is 0 Å². The maximum absolute atomic E-state index is 9.01. The summed E-state index contributed by atoms with van der Waals surface area (Å²) in [6.07, 6.45) is 8.33. The molecule has 2 aliphatic rings. The number of aliphatic hydroxyl groups excluding tert-OH is 1. The molecule has 138 valence electrons. The first-order valence-corrected chi connectivity index (χ1v) is 10.4. The van der Waals surface area contributed by atoms with Crippen molar-refractivity contribution in [2.45, 2.75) is 51.0 Å². The van der Waals surface area contributed by atoms with E-state index in [-0.39, 0.29) is 0 Å². The monoisotopic (exact) mass is 349 g/mol. The number of unbranched alkanes of at least 4 members (excludes halogenated alkanes) is 1. The molecule has 0 atom stereocenters. The van der Waals surface area contributed by atoms with E-state index in [2.05, 4.69) is 53.4 Å². The van der Waals surface area contributed by atoms with Crippen LogP contribution in [0.3, 0.4) is 0 Å². The van der Waals surface area contributed by atoms with Crippen molar-refractivity contribution in [3.8, 4) is 0 Å². The Labute approximate surface area is 157 Å². The molecule has 0 radical (unpaired) electrons. The molecule has 0 unspecified atom stereocenters. The summed E-state index contributed by atoms with van der Waals surface area (Å²) >= 11 is 0. The second kappa shape index (κ2) is 8.37. The third-order valence-corrected chi connectivity index (χ3v) is 6.40. The van der Waals surface area contributed by atoms with Gasteiger partial charge in [-0.3, -0.25) is 4.90 Å². The van der Waals surface area contributed by atoms with Gasteiger partial charge >= 0.3 is 0 Å². The van der Waals surface area contributed by atoms with Crippen molar-refractivity contribution in [3.63, 3.8) is 0 Å². The second-order valence-corrected chi connectivity index (χ2v) is 8.00. The fourth-order valence-electron chi connectivity index (χ4n) is 4.93. The highest BCUT2D eigenvalue weighted by Gasteiger charge is 2.31. The maximum atomic E-state index is 9.01. The standard InChI is InChI=1S/C24H31NO/c26-18-6-5-7-19-14-16-25(17-15-19)24-22-10-3-1-8-20(22)12-13-21-9-2-4-11-23(21)24/h1-4,8-11,19,24,26H,5-7,12-18H2. The van der Waals surface area contributed by atoms with E-state index in [1.807, 2.05) is 0 Å². The first-order chi connectivity index (χ1) is 12.9. The van der Waals surface area contributed by atoms with Crippen LogP contribution in [-0.4, -0.2) is 29.7 Å². The van der Waals surface area contributed by atoms with E-state index < -0.39 is 0 Å². The summed E-state index contributed by atoms with van der Waals surface area (Å²) in [6.45, 7) is 2.72. The minimum absolute atomic E-state index is 0.342. The molecule has 0 spiro atoms. The second-order valence-electron chi connectivity index (χ2n) is 8.00. The summed E-state index contributed by atoms with van der Waals surface area (Å²) in [6, 6.07) is 18.6. The van der Waals surface area contributed by atoms with Gasteiger partial charge in [-0.15, -0.1) is 0 Å². The van der Waals surface area contributed by atoms with E-state index in [4.69, 9.17) is 5.11 Å². The predicted molar refractivity (Wildman–Crippen MR) is 107 cm³/mol. The number of piperidine rings is 1. The molecule has 0 aromatic heterocycles. The number of aliphatic hydroxyl groups is 1. The lowest BCUT2D eigenvalue weighted by molar-refractivity contribution is 0.144. The zero-order valence-corrected chi connectivity index (χ0v) is 15.7. The largest absolute Gasteiger partial charge is 0.396 e. The zero-order chi connectivity index (χ0) is 17.8. The lowest BCUT2D eigenvalue weighted by Gasteiger charge is -2.39. The minimum Gasteiger partial charge on any atom is -0.396 e. The molecular weight excluding hydrogens is 318 g/mol. The molecule has 2 heteroatoms. The van der Waals surface area contributed by atoms with Gasteiger partial charge in [-0.1, -0.05) is 61.4 Å². The van der Waals surface area contributed by atoms with Crippen molar-refractivity contribution in [1.29, 1.82) is 0 Å². The number of likely N-dealkylation sites (tertiary alicyclic amines) is 1. The summed E-state index contributed by atoms with van der Waals surface area (Å²) < 4.78 is 0. The molecule has 2 aromatic rings. The summed E-state index contributed by atoms with van der Waals surface area (Å²) in [5.74, 6) is 0.842. The van der Waals surface area contributed by atoms with Crippen molar-refractivity contribution >= 4 is 0 Å². The zero-order valence-electron chi connectivity index (χ0n) is 15.7. The van der Waals surface area contributed by atoms with Crippen molar-refractivity contribution in [3.05, 3.63) is 70.8 Å². The van der Waals surface area contributed by atoms with Crippen LogP contribution in [0, 0.1) is 5.92 Å². The van der Waals surface area contributed by atoms with Crippen molar-refractivity contribution < 1.29 is 5.11 Å². The van der Waals surface area contributed by atoms with Gasteiger partial charge in [0.2, 0.25) is 0 Å². The smallest absolute Gasteiger partial charge is 0.0607 e. The number of hydrogen-bond donors (Lipinski definition) is 1. The molecule has 0 amide bonds. The van der Waals surface area contributed by atoms with Gasteiger partial charge in [-0.2, -0.15) is 0 Å². The molecule has 4 rings (SSSR count). The number of nitrogens with zero attached hydrogens (tertiary/aromatic N) is 1. The van der Waals surface area contributed by atoms with Crippen LogP contribution in [0.1, 0.15) is 60.4 Å². The highest BCUT2D eigenvalue weighted by molar-refractivity contribution is 5.44. The lowest BCUT2D eigenvalue weighted by atomic mass is 9.87. The Balaban J connectivity index is 1.56. The fraction of sp³-hybridized carbons (Fsp3) is 0.500. The number of benzene rings is 2. The Morgan fingerprint density at radius 3 is 1.96 bits per heavy atom. The van der Waals surface area contributed by atoms with Gasteiger partial charge in [-0.25, -0.2) is 0 Å². The van der Waals surface area contributed by atoms with Crippen molar-refractivity contribution in [2.24, 2.45) is 5.92 Å². The quantitative estimate of drug-likeness (QED) is 0.788. The Morgan fingerprint density at radius 2 is 1.38 bits per heavy atom. The van der Waals surface area contributed by atoms with Gasteiger partial charge in [0.05, 0.1) is 6.04 Å². The molecule has 2 aromatic carbocycles. The average molecular weight is 350 g/mol. The molecule has 1 aliphatic heterocycles. The third-order valence-electron chi connectivity index (χ3n) is 6.40. The molecule has 2 nitrogen and oxygen atoms in total. The van der Waals surface area contributed by atoms with Gasteiger partial charge in [-0.05, 0) is 73.4 Å². The van der Waals surface area contributed by atoms with Gasteiger partial charge < -0.3 is 5.11 Å². The van der Waals surface area contributed by atoms with E-state index in [0.717, 1.165) is 25.2 Å². The number of aryl methyl sites for hydroxylation is 2. The third kappa shape index (κ3) is 3.72. The minimum atomic E-state index is 0.342. The van der Waals surface area contributed by atoms with Crippen LogP contribution in [0.25, 0.3) is 0 Å². The van der Waals surface area contributed by atoms with E-state index in [9.17, 15) is 0 Å². The number of rotatable bonds is 5. The van der Waals surface area contributed by atoms with Crippen LogP contribution in [-0.2, 0) is 12.8 Å². The van der Waals surface area contributed by atoms with Crippen molar-refractivity contribution in [1.82, 2.24) is 4.90 Å². The van der Waals surface area contributed by atoms with E-state index in [0.29, 0.717) is 12.6 Å². The first kappa shape index (κ1) is 17.8.